The second kappa shape index (κ2) is 9.53. The summed E-state index contributed by atoms with van der Waals surface area (Å²) in [5.74, 6) is 0.285. The fourth-order valence-electron chi connectivity index (χ4n) is 3.10. The number of benzene rings is 1. The van der Waals surface area contributed by atoms with Crippen LogP contribution in [0.1, 0.15) is 37.9 Å². The molecule has 128 valence electrons. The fraction of sp³-hybridized carbons (Fsp3) is 0.611. The van der Waals surface area contributed by atoms with Gasteiger partial charge in [0.25, 0.3) is 0 Å². The van der Waals surface area contributed by atoms with Gasteiger partial charge in [-0.2, -0.15) is 0 Å². The minimum absolute atomic E-state index is 0.00734. The van der Waals surface area contributed by atoms with Gasteiger partial charge in [0, 0.05) is 32.2 Å². The van der Waals surface area contributed by atoms with E-state index in [1.54, 1.807) is 4.90 Å². The summed E-state index contributed by atoms with van der Waals surface area (Å²) in [6.45, 7) is 4.43. The summed E-state index contributed by atoms with van der Waals surface area (Å²) >= 11 is 0. The van der Waals surface area contributed by atoms with Crippen LogP contribution >= 0.6 is 0 Å². The summed E-state index contributed by atoms with van der Waals surface area (Å²) in [5.41, 5.74) is 1.17. The summed E-state index contributed by atoms with van der Waals surface area (Å²) in [5, 5.41) is 12.1. The molecule has 5 heteroatoms. The van der Waals surface area contributed by atoms with E-state index in [-0.39, 0.29) is 24.7 Å². The van der Waals surface area contributed by atoms with Crippen molar-refractivity contribution < 1.29 is 14.6 Å². The van der Waals surface area contributed by atoms with Crippen LogP contribution in [0.2, 0.25) is 0 Å². The molecular formula is C18H28N2O3. The summed E-state index contributed by atoms with van der Waals surface area (Å²) in [6, 6.07) is 10.1. The lowest BCUT2D eigenvalue weighted by Gasteiger charge is -2.33. The number of carbonyl (C=O) groups excluding carboxylic acids is 1. The smallest absolute Gasteiger partial charge is 0.317 e. The van der Waals surface area contributed by atoms with E-state index in [0.29, 0.717) is 19.6 Å². The predicted octanol–water partition coefficient (Wildman–Crippen LogP) is 2.57. The van der Waals surface area contributed by atoms with Crippen molar-refractivity contribution in [3.05, 3.63) is 35.9 Å². The lowest BCUT2D eigenvalue weighted by molar-refractivity contribution is -0.0271. The van der Waals surface area contributed by atoms with E-state index in [9.17, 15) is 4.79 Å². The normalized spacial score (nSPS) is 21.0. The standard InChI is InChI=1S/C18H28N2O3/c1-2-10-20(11-12-21)18(22)19-14-16-9-6-13-23-17(16)15-7-4-3-5-8-15/h3-5,7-8,16-17,21H,2,6,9-14H2,1H3,(H,19,22). The zero-order chi connectivity index (χ0) is 16.5. The lowest BCUT2D eigenvalue weighted by atomic mass is 9.89. The minimum atomic E-state index is -0.0988. The number of hydrogen-bond acceptors (Lipinski definition) is 3. The first-order valence-corrected chi connectivity index (χ1v) is 8.56. The van der Waals surface area contributed by atoms with E-state index in [0.717, 1.165) is 25.9 Å². The molecule has 1 heterocycles. The Morgan fingerprint density at radius 2 is 2.13 bits per heavy atom. The second-order valence-corrected chi connectivity index (χ2v) is 6.00. The van der Waals surface area contributed by atoms with E-state index in [2.05, 4.69) is 17.4 Å². The molecule has 2 atom stereocenters. The molecule has 2 unspecified atom stereocenters. The Kier molecular flexibility index (Phi) is 7.36. The highest BCUT2D eigenvalue weighted by atomic mass is 16.5. The van der Waals surface area contributed by atoms with E-state index >= 15 is 0 Å². The number of nitrogens with zero attached hydrogens (tertiary/aromatic N) is 1. The third-order valence-corrected chi connectivity index (χ3v) is 4.24. The molecule has 1 saturated heterocycles. The SMILES string of the molecule is CCCN(CCO)C(=O)NCC1CCCOC1c1ccccc1. The first-order chi connectivity index (χ1) is 11.3. The van der Waals surface area contributed by atoms with Gasteiger partial charge in [0.05, 0.1) is 12.7 Å². The highest BCUT2D eigenvalue weighted by Gasteiger charge is 2.28. The zero-order valence-corrected chi connectivity index (χ0v) is 13.9. The first-order valence-electron chi connectivity index (χ1n) is 8.56. The van der Waals surface area contributed by atoms with E-state index in [4.69, 9.17) is 9.84 Å². The van der Waals surface area contributed by atoms with Gasteiger partial charge in [0.15, 0.2) is 0 Å². The molecule has 23 heavy (non-hydrogen) atoms. The van der Waals surface area contributed by atoms with Crippen molar-refractivity contribution in [3.8, 4) is 0 Å². The van der Waals surface area contributed by atoms with Crippen molar-refractivity contribution in [1.29, 1.82) is 0 Å². The number of amides is 2. The van der Waals surface area contributed by atoms with Gasteiger partial charge in [-0.05, 0) is 24.8 Å². The van der Waals surface area contributed by atoms with Crippen molar-refractivity contribution in [2.75, 3.05) is 32.8 Å². The number of urea groups is 1. The molecule has 0 spiro atoms. The highest BCUT2D eigenvalue weighted by molar-refractivity contribution is 5.74. The number of ether oxygens (including phenoxy) is 1. The van der Waals surface area contributed by atoms with Gasteiger partial charge in [-0.1, -0.05) is 37.3 Å². The van der Waals surface area contributed by atoms with Crippen LogP contribution in [0, 0.1) is 5.92 Å². The third-order valence-electron chi connectivity index (χ3n) is 4.24. The fourth-order valence-corrected chi connectivity index (χ4v) is 3.10. The molecule has 0 aromatic heterocycles. The Hall–Kier alpha value is -1.59. The van der Waals surface area contributed by atoms with Gasteiger partial charge in [-0.3, -0.25) is 0 Å². The van der Waals surface area contributed by atoms with Crippen LogP contribution < -0.4 is 5.32 Å². The Balaban J connectivity index is 1.93. The molecular weight excluding hydrogens is 292 g/mol. The van der Waals surface area contributed by atoms with Crippen LogP contribution in [0.3, 0.4) is 0 Å². The number of hydrogen-bond donors (Lipinski definition) is 2. The summed E-state index contributed by atoms with van der Waals surface area (Å²) in [4.78, 5) is 13.9. The third kappa shape index (κ3) is 5.22. The number of nitrogens with one attached hydrogen (secondary N) is 1. The van der Waals surface area contributed by atoms with E-state index in [1.165, 1.54) is 5.56 Å². The molecule has 0 saturated carbocycles. The highest BCUT2D eigenvalue weighted by Crippen LogP contribution is 2.33. The molecule has 0 bridgehead atoms. The summed E-state index contributed by atoms with van der Waals surface area (Å²) in [7, 11) is 0. The van der Waals surface area contributed by atoms with Crippen molar-refractivity contribution >= 4 is 6.03 Å². The Morgan fingerprint density at radius 3 is 2.83 bits per heavy atom. The van der Waals surface area contributed by atoms with Gasteiger partial charge in [0.1, 0.15) is 0 Å². The first kappa shape index (κ1) is 17.8. The van der Waals surface area contributed by atoms with Gasteiger partial charge in [-0.25, -0.2) is 4.79 Å². The van der Waals surface area contributed by atoms with Gasteiger partial charge in [-0.15, -0.1) is 0 Å². The quantitative estimate of drug-likeness (QED) is 0.812. The van der Waals surface area contributed by atoms with E-state index < -0.39 is 0 Å². The van der Waals surface area contributed by atoms with Crippen LogP contribution in [-0.2, 0) is 4.74 Å². The number of rotatable bonds is 7. The van der Waals surface area contributed by atoms with Gasteiger partial charge in [0.2, 0.25) is 0 Å². The van der Waals surface area contributed by atoms with Crippen LogP contribution in [0.15, 0.2) is 30.3 Å². The van der Waals surface area contributed by atoms with Crippen molar-refractivity contribution in [2.45, 2.75) is 32.3 Å². The Bertz CT molecular complexity index is 461. The Morgan fingerprint density at radius 1 is 1.35 bits per heavy atom. The molecule has 1 aromatic carbocycles. The van der Waals surface area contributed by atoms with Crippen LogP contribution in [0.4, 0.5) is 4.79 Å². The molecule has 1 fully saturated rings. The predicted molar refractivity (Wildman–Crippen MR) is 90.2 cm³/mol. The lowest BCUT2D eigenvalue weighted by Crippen LogP contribution is -2.44. The molecule has 2 rings (SSSR count). The molecule has 2 amide bonds. The average Bonchev–Trinajstić information content (AvgIpc) is 2.60. The zero-order valence-electron chi connectivity index (χ0n) is 13.9. The maximum atomic E-state index is 12.3. The van der Waals surface area contributed by atoms with Gasteiger partial charge < -0.3 is 20.1 Å². The van der Waals surface area contributed by atoms with Crippen LogP contribution in [-0.4, -0.2) is 48.9 Å². The number of carbonyl (C=O) groups is 1. The topological polar surface area (TPSA) is 61.8 Å². The molecule has 0 aliphatic carbocycles. The maximum absolute atomic E-state index is 12.3. The molecule has 0 radical (unpaired) electrons. The van der Waals surface area contributed by atoms with E-state index in [1.807, 2.05) is 25.1 Å². The summed E-state index contributed by atoms with van der Waals surface area (Å²) in [6.07, 6.45) is 3.00. The van der Waals surface area contributed by atoms with Crippen LogP contribution in [0.25, 0.3) is 0 Å². The minimum Gasteiger partial charge on any atom is -0.395 e. The molecule has 5 nitrogen and oxygen atoms in total. The molecule has 1 aliphatic rings. The van der Waals surface area contributed by atoms with Crippen LogP contribution in [0.5, 0.6) is 0 Å². The number of aliphatic hydroxyl groups is 1. The monoisotopic (exact) mass is 320 g/mol. The van der Waals surface area contributed by atoms with Crippen molar-refractivity contribution in [1.82, 2.24) is 10.2 Å². The van der Waals surface area contributed by atoms with Crippen molar-refractivity contribution in [3.63, 3.8) is 0 Å². The van der Waals surface area contributed by atoms with Gasteiger partial charge >= 0.3 is 6.03 Å². The molecule has 2 N–H and O–H groups in total. The Labute approximate surface area is 138 Å². The summed E-state index contributed by atoms with van der Waals surface area (Å²) < 4.78 is 5.96. The molecule has 1 aromatic rings. The average molecular weight is 320 g/mol. The van der Waals surface area contributed by atoms with Crippen molar-refractivity contribution in [2.24, 2.45) is 5.92 Å². The number of aliphatic hydroxyl groups excluding tert-OH is 1. The largest absolute Gasteiger partial charge is 0.395 e. The maximum Gasteiger partial charge on any atom is 0.317 e. The second-order valence-electron chi connectivity index (χ2n) is 6.00. The molecule has 1 aliphatic heterocycles.